The summed E-state index contributed by atoms with van der Waals surface area (Å²) in [5.74, 6) is 0.578. The zero-order valence-electron chi connectivity index (χ0n) is 10.4. The van der Waals surface area contributed by atoms with Gasteiger partial charge in [-0.2, -0.15) is 0 Å². The Morgan fingerprint density at radius 2 is 1.88 bits per heavy atom. The van der Waals surface area contributed by atoms with Crippen molar-refractivity contribution in [2.24, 2.45) is 0 Å². The Labute approximate surface area is 98.2 Å². The van der Waals surface area contributed by atoms with Crippen LogP contribution in [0.25, 0.3) is 6.08 Å². The summed E-state index contributed by atoms with van der Waals surface area (Å²) in [4.78, 5) is 10.3. The van der Waals surface area contributed by atoms with Crippen molar-refractivity contribution in [3.05, 3.63) is 41.0 Å². The first-order chi connectivity index (χ1) is 7.63. The smallest absolute Gasteiger partial charge is 0.120 e. The summed E-state index contributed by atoms with van der Waals surface area (Å²) in [7, 11) is 0. The van der Waals surface area contributed by atoms with Gasteiger partial charge >= 0.3 is 0 Å². The van der Waals surface area contributed by atoms with E-state index in [1.165, 1.54) is 16.7 Å². The number of aldehydes is 1. The highest BCUT2D eigenvalue weighted by molar-refractivity contribution is 5.55. The molecule has 0 aliphatic rings. The minimum absolute atomic E-state index is 0.578. The Morgan fingerprint density at radius 1 is 1.25 bits per heavy atom. The molecule has 0 saturated heterocycles. The molecule has 1 aromatic rings. The van der Waals surface area contributed by atoms with Gasteiger partial charge in [0.1, 0.15) is 6.29 Å². The first-order valence-electron chi connectivity index (χ1n) is 5.84. The number of benzene rings is 1. The maximum Gasteiger partial charge on any atom is 0.120 e. The Hall–Kier alpha value is -1.37. The van der Waals surface area contributed by atoms with Crippen molar-refractivity contribution in [1.82, 2.24) is 0 Å². The Morgan fingerprint density at radius 3 is 2.38 bits per heavy atom. The second kappa shape index (κ2) is 6.26. The predicted octanol–water partition coefficient (Wildman–Crippen LogP) is 4.19. The van der Waals surface area contributed by atoms with Crippen molar-refractivity contribution in [3.63, 3.8) is 0 Å². The quantitative estimate of drug-likeness (QED) is 0.674. The van der Waals surface area contributed by atoms with Gasteiger partial charge in [-0.15, -0.1) is 0 Å². The van der Waals surface area contributed by atoms with Crippen molar-refractivity contribution in [3.8, 4) is 0 Å². The van der Waals surface area contributed by atoms with Gasteiger partial charge < -0.3 is 4.79 Å². The molecule has 86 valence electrons. The Bertz CT molecular complexity index is 358. The number of carbonyl (C=O) groups is 1. The summed E-state index contributed by atoms with van der Waals surface area (Å²) < 4.78 is 0. The van der Waals surface area contributed by atoms with Gasteiger partial charge in [0.05, 0.1) is 0 Å². The van der Waals surface area contributed by atoms with E-state index in [2.05, 4.69) is 51.1 Å². The average Bonchev–Trinajstić information content (AvgIpc) is 2.27. The van der Waals surface area contributed by atoms with Crippen molar-refractivity contribution >= 4 is 12.4 Å². The number of carbonyl (C=O) groups excluding carboxylic acids is 1. The third-order valence-electron chi connectivity index (χ3n) is 2.67. The molecule has 0 heterocycles. The van der Waals surface area contributed by atoms with E-state index in [1.807, 2.05) is 0 Å². The van der Waals surface area contributed by atoms with Crippen LogP contribution in [0.5, 0.6) is 0 Å². The normalized spacial score (nSPS) is 11.9. The minimum atomic E-state index is 0.578. The first-order valence-corrected chi connectivity index (χ1v) is 5.84. The standard InChI is InChI=1S/C15H20O/c1-12(2)15-8-6-14(7-9-15)11-13(3)5-4-10-16/h6-12H,4-5H2,1-3H3/b13-11+. The maximum atomic E-state index is 10.3. The number of hydrogen-bond donors (Lipinski definition) is 0. The molecule has 0 fully saturated rings. The van der Waals surface area contributed by atoms with Crippen LogP contribution in [0.2, 0.25) is 0 Å². The molecular formula is C15H20O. The van der Waals surface area contributed by atoms with Crippen molar-refractivity contribution in [2.75, 3.05) is 0 Å². The highest BCUT2D eigenvalue weighted by Gasteiger charge is 1.97. The third-order valence-corrected chi connectivity index (χ3v) is 2.67. The molecule has 0 unspecified atom stereocenters. The molecule has 0 aliphatic carbocycles. The minimum Gasteiger partial charge on any atom is -0.303 e. The molecule has 1 aromatic carbocycles. The fraction of sp³-hybridized carbons (Fsp3) is 0.400. The SMILES string of the molecule is C/C(=C\c1ccc(C(C)C)cc1)CCC=O. The van der Waals surface area contributed by atoms with Gasteiger partial charge in [-0.05, 0) is 30.4 Å². The molecule has 0 radical (unpaired) electrons. The molecule has 0 amide bonds. The zero-order chi connectivity index (χ0) is 12.0. The molecule has 1 heteroatoms. The Kier molecular flexibility index (Phi) is 4.97. The summed E-state index contributed by atoms with van der Waals surface area (Å²) in [5, 5.41) is 0. The van der Waals surface area contributed by atoms with Gasteiger partial charge in [0.2, 0.25) is 0 Å². The highest BCUT2D eigenvalue weighted by Crippen LogP contribution is 2.17. The summed E-state index contributed by atoms with van der Waals surface area (Å²) in [6, 6.07) is 8.62. The van der Waals surface area contributed by atoms with E-state index in [0.717, 1.165) is 12.7 Å². The van der Waals surface area contributed by atoms with Crippen molar-refractivity contribution in [1.29, 1.82) is 0 Å². The second-order valence-electron chi connectivity index (χ2n) is 4.52. The Balaban J connectivity index is 2.70. The lowest BCUT2D eigenvalue weighted by atomic mass is 10.0. The molecule has 0 aromatic heterocycles. The lowest BCUT2D eigenvalue weighted by Gasteiger charge is -2.05. The van der Waals surface area contributed by atoms with Gasteiger partial charge in [-0.3, -0.25) is 0 Å². The van der Waals surface area contributed by atoms with Gasteiger partial charge in [0.15, 0.2) is 0 Å². The zero-order valence-corrected chi connectivity index (χ0v) is 10.4. The molecule has 1 nitrogen and oxygen atoms in total. The molecule has 0 bridgehead atoms. The van der Waals surface area contributed by atoms with Crippen LogP contribution in [0.4, 0.5) is 0 Å². The van der Waals surface area contributed by atoms with Crippen LogP contribution >= 0.6 is 0 Å². The van der Waals surface area contributed by atoms with Gasteiger partial charge in [-0.25, -0.2) is 0 Å². The van der Waals surface area contributed by atoms with Crippen LogP contribution in [0, 0.1) is 0 Å². The van der Waals surface area contributed by atoms with E-state index >= 15 is 0 Å². The van der Waals surface area contributed by atoms with Crippen LogP contribution in [0.3, 0.4) is 0 Å². The van der Waals surface area contributed by atoms with E-state index in [0.29, 0.717) is 12.3 Å². The van der Waals surface area contributed by atoms with E-state index in [9.17, 15) is 4.79 Å². The predicted molar refractivity (Wildman–Crippen MR) is 69.5 cm³/mol. The van der Waals surface area contributed by atoms with Gasteiger partial charge in [0, 0.05) is 6.42 Å². The molecule has 0 spiro atoms. The summed E-state index contributed by atoms with van der Waals surface area (Å²) >= 11 is 0. The number of allylic oxidation sites excluding steroid dienone is 1. The fourth-order valence-corrected chi connectivity index (χ4v) is 1.62. The van der Waals surface area contributed by atoms with Crippen molar-refractivity contribution in [2.45, 2.75) is 39.5 Å². The van der Waals surface area contributed by atoms with E-state index in [1.54, 1.807) is 0 Å². The molecule has 16 heavy (non-hydrogen) atoms. The highest BCUT2D eigenvalue weighted by atomic mass is 16.1. The molecule has 0 aliphatic heterocycles. The topological polar surface area (TPSA) is 17.1 Å². The monoisotopic (exact) mass is 216 g/mol. The lowest BCUT2D eigenvalue weighted by Crippen LogP contribution is -1.86. The van der Waals surface area contributed by atoms with Crippen molar-refractivity contribution < 1.29 is 4.79 Å². The van der Waals surface area contributed by atoms with E-state index in [4.69, 9.17) is 0 Å². The second-order valence-corrected chi connectivity index (χ2v) is 4.52. The largest absolute Gasteiger partial charge is 0.303 e. The third kappa shape index (κ3) is 4.01. The van der Waals surface area contributed by atoms with Crippen LogP contribution in [-0.2, 0) is 4.79 Å². The van der Waals surface area contributed by atoms with Crippen LogP contribution in [-0.4, -0.2) is 6.29 Å². The van der Waals surface area contributed by atoms with Gasteiger partial charge in [0.25, 0.3) is 0 Å². The molecule has 0 saturated carbocycles. The van der Waals surface area contributed by atoms with Crippen LogP contribution < -0.4 is 0 Å². The first kappa shape index (κ1) is 12.7. The summed E-state index contributed by atoms with van der Waals surface area (Å²) in [6.45, 7) is 6.46. The molecule has 1 rings (SSSR count). The fourth-order valence-electron chi connectivity index (χ4n) is 1.62. The van der Waals surface area contributed by atoms with Gasteiger partial charge in [-0.1, -0.05) is 49.8 Å². The molecular weight excluding hydrogens is 196 g/mol. The maximum absolute atomic E-state index is 10.3. The average molecular weight is 216 g/mol. The lowest BCUT2D eigenvalue weighted by molar-refractivity contribution is -0.107. The van der Waals surface area contributed by atoms with E-state index < -0.39 is 0 Å². The van der Waals surface area contributed by atoms with E-state index in [-0.39, 0.29) is 0 Å². The number of rotatable bonds is 5. The van der Waals surface area contributed by atoms with Crippen LogP contribution in [0.1, 0.15) is 50.7 Å². The molecule has 0 atom stereocenters. The summed E-state index contributed by atoms with van der Waals surface area (Å²) in [5.41, 5.74) is 3.83. The van der Waals surface area contributed by atoms with Crippen LogP contribution in [0.15, 0.2) is 29.8 Å². The molecule has 0 N–H and O–H groups in total. The summed E-state index contributed by atoms with van der Waals surface area (Å²) in [6.07, 6.45) is 4.59. The number of hydrogen-bond acceptors (Lipinski definition) is 1.